The van der Waals surface area contributed by atoms with E-state index < -0.39 is 0 Å². The second kappa shape index (κ2) is 10.6. The largest absolute Gasteiger partial charge is 0.333 e. The molecule has 0 aliphatic heterocycles. The number of benzene rings is 2. The highest BCUT2D eigenvalue weighted by Crippen LogP contribution is 2.31. The molecule has 5 nitrogen and oxygen atoms in total. The lowest BCUT2D eigenvalue weighted by atomic mass is 10.0. The standard InChI is InChI=1S/C27H32BrN3O2/c1-3-24(30(4-2)25(32)18-13-19-9-5-6-10-19)26-29-23-12-8-7-11-22(23)27(33)31(26)21-16-14-20(28)15-17-21/h7-8,11-12,14-17,19,24H,3-6,9-10,13,18H2,1-2H3. The average Bonchev–Trinajstić information content (AvgIpc) is 3.35. The smallest absolute Gasteiger partial charge is 0.266 e. The maximum atomic E-state index is 13.6. The molecular formula is C27H32BrN3O2. The summed E-state index contributed by atoms with van der Waals surface area (Å²) in [5.74, 6) is 1.45. The molecule has 1 unspecified atom stereocenters. The van der Waals surface area contributed by atoms with E-state index in [1.54, 1.807) is 4.57 Å². The third-order valence-corrected chi connectivity index (χ3v) is 7.38. The molecule has 1 aliphatic rings. The number of fused-ring (bicyclic) bond motifs is 1. The summed E-state index contributed by atoms with van der Waals surface area (Å²) in [5.41, 5.74) is 1.31. The van der Waals surface area contributed by atoms with Crippen LogP contribution in [0.25, 0.3) is 16.6 Å². The van der Waals surface area contributed by atoms with Gasteiger partial charge in [0.15, 0.2) is 0 Å². The van der Waals surface area contributed by atoms with Gasteiger partial charge in [-0.2, -0.15) is 0 Å². The predicted octanol–water partition coefficient (Wildman–Crippen LogP) is 6.42. The molecule has 1 amide bonds. The second-order valence-electron chi connectivity index (χ2n) is 8.90. The van der Waals surface area contributed by atoms with Crippen LogP contribution in [0.15, 0.2) is 57.8 Å². The van der Waals surface area contributed by atoms with Crippen LogP contribution in [-0.4, -0.2) is 26.9 Å². The summed E-state index contributed by atoms with van der Waals surface area (Å²) in [6.07, 6.45) is 7.26. The van der Waals surface area contributed by atoms with Gasteiger partial charge in [-0.15, -0.1) is 0 Å². The van der Waals surface area contributed by atoms with Gasteiger partial charge in [0.2, 0.25) is 5.91 Å². The van der Waals surface area contributed by atoms with Crippen LogP contribution in [0.1, 0.15) is 70.7 Å². The van der Waals surface area contributed by atoms with Crippen LogP contribution in [0.5, 0.6) is 0 Å². The zero-order valence-corrected chi connectivity index (χ0v) is 21.1. The van der Waals surface area contributed by atoms with Gasteiger partial charge in [-0.25, -0.2) is 4.98 Å². The number of hydrogen-bond donors (Lipinski definition) is 0. The third kappa shape index (κ3) is 5.06. The summed E-state index contributed by atoms with van der Waals surface area (Å²) < 4.78 is 2.63. The van der Waals surface area contributed by atoms with Gasteiger partial charge in [-0.3, -0.25) is 14.2 Å². The Bertz CT molecular complexity index is 1170. The van der Waals surface area contributed by atoms with E-state index in [-0.39, 0.29) is 17.5 Å². The molecule has 2 aromatic carbocycles. The van der Waals surface area contributed by atoms with Gasteiger partial charge in [-0.05, 0) is 62.1 Å². The lowest BCUT2D eigenvalue weighted by molar-refractivity contribution is -0.134. The summed E-state index contributed by atoms with van der Waals surface area (Å²) in [6, 6.07) is 14.8. The number of rotatable bonds is 8. The molecule has 0 N–H and O–H groups in total. The van der Waals surface area contributed by atoms with E-state index in [1.165, 1.54) is 25.7 Å². The van der Waals surface area contributed by atoms with Crippen molar-refractivity contribution in [2.24, 2.45) is 5.92 Å². The van der Waals surface area contributed by atoms with E-state index in [1.807, 2.05) is 60.4 Å². The summed E-state index contributed by atoms with van der Waals surface area (Å²) >= 11 is 3.48. The van der Waals surface area contributed by atoms with Gasteiger partial charge < -0.3 is 4.90 Å². The molecule has 4 rings (SSSR count). The lowest BCUT2D eigenvalue weighted by Gasteiger charge is -2.32. The van der Waals surface area contributed by atoms with Gasteiger partial charge in [0.25, 0.3) is 5.56 Å². The van der Waals surface area contributed by atoms with Crippen molar-refractivity contribution in [3.05, 3.63) is 69.2 Å². The Hall–Kier alpha value is -2.47. The molecule has 0 radical (unpaired) electrons. The lowest BCUT2D eigenvalue weighted by Crippen LogP contribution is -2.38. The summed E-state index contributed by atoms with van der Waals surface area (Å²) in [4.78, 5) is 33.9. The normalized spacial score (nSPS) is 15.1. The highest BCUT2D eigenvalue weighted by Gasteiger charge is 2.28. The van der Waals surface area contributed by atoms with Crippen molar-refractivity contribution in [3.63, 3.8) is 0 Å². The van der Waals surface area contributed by atoms with Crippen molar-refractivity contribution >= 4 is 32.7 Å². The Kier molecular flexibility index (Phi) is 7.63. The van der Waals surface area contributed by atoms with Crippen LogP contribution in [0, 0.1) is 5.92 Å². The minimum absolute atomic E-state index is 0.106. The number of para-hydroxylation sites is 1. The Morgan fingerprint density at radius 2 is 1.82 bits per heavy atom. The second-order valence-corrected chi connectivity index (χ2v) is 9.81. The van der Waals surface area contributed by atoms with Crippen LogP contribution in [0.3, 0.4) is 0 Å². The first kappa shape index (κ1) is 23.7. The molecule has 6 heteroatoms. The van der Waals surface area contributed by atoms with Crippen molar-refractivity contribution in [2.45, 2.75) is 64.8 Å². The molecule has 1 fully saturated rings. The maximum absolute atomic E-state index is 13.6. The molecular weight excluding hydrogens is 478 g/mol. The Morgan fingerprint density at radius 1 is 1.12 bits per heavy atom. The molecule has 174 valence electrons. The number of carbonyl (C=O) groups is 1. The van der Waals surface area contributed by atoms with Crippen molar-refractivity contribution in [3.8, 4) is 5.69 Å². The van der Waals surface area contributed by atoms with Crippen LogP contribution >= 0.6 is 15.9 Å². The van der Waals surface area contributed by atoms with Crippen LogP contribution in [0.2, 0.25) is 0 Å². The van der Waals surface area contributed by atoms with Gasteiger partial charge in [0.05, 0.1) is 22.6 Å². The Morgan fingerprint density at radius 3 is 2.48 bits per heavy atom. The molecule has 3 aromatic rings. The SMILES string of the molecule is CCC(c1nc2ccccc2c(=O)n1-c1ccc(Br)cc1)N(CC)C(=O)CCC1CCCC1. The fraction of sp³-hybridized carbons (Fsp3) is 0.444. The average molecular weight is 510 g/mol. The number of nitrogens with zero attached hydrogens (tertiary/aromatic N) is 3. The highest BCUT2D eigenvalue weighted by molar-refractivity contribution is 9.10. The van der Waals surface area contributed by atoms with Gasteiger partial charge in [0.1, 0.15) is 5.82 Å². The van der Waals surface area contributed by atoms with E-state index in [0.717, 1.165) is 16.6 Å². The summed E-state index contributed by atoms with van der Waals surface area (Å²) in [7, 11) is 0. The fourth-order valence-corrected chi connectivity index (χ4v) is 5.36. The minimum Gasteiger partial charge on any atom is -0.333 e. The van der Waals surface area contributed by atoms with E-state index in [0.29, 0.717) is 42.0 Å². The first-order valence-electron chi connectivity index (χ1n) is 12.1. The Labute approximate surface area is 204 Å². The summed E-state index contributed by atoms with van der Waals surface area (Å²) in [6.45, 7) is 4.66. The van der Waals surface area contributed by atoms with Crippen LogP contribution in [0.4, 0.5) is 0 Å². The van der Waals surface area contributed by atoms with E-state index in [2.05, 4.69) is 22.9 Å². The maximum Gasteiger partial charge on any atom is 0.266 e. The van der Waals surface area contributed by atoms with E-state index in [4.69, 9.17) is 4.98 Å². The summed E-state index contributed by atoms with van der Waals surface area (Å²) in [5, 5.41) is 0.578. The zero-order chi connectivity index (χ0) is 23.4. The van der Waals surface area contributed by atoms with E-state index >= 15 is 0 Å². The van der Waals surface area contributed by atoms with Crippen molar-refractivity contribution in [1.82, 2.24) is 14.5 Å². The van der Waals surface area contributed by atoms with Crippen molar-refractivity contribution < 1.29 is 4.79 Å². The first-order valence-corrected chi connectivity index (χ1v) is 12.9. The van der Waals surface area contributed by atoms with Crippen molar-refractivity contribution in [2.75, 3.05) is 6.54 Å². The highest BCUT2D eigenvalue weighted by atomic mass is 79.9. The molecule has 33 heavy (non-hydrogen) atoms. The number of halogens is 1. The van der Waals surface area contributed by atoms with Gasteiger partial charge in [-0.1, -0.05) is 60.7 Å². The molecule has 1 atom stereocenters. The topological polar surface area (TPSA) is 55.2 Å². The molecule has 1 aromatic heterocycles. The van der Waals surface area contributed by atoms with Crippen molar-refractivity contribution in [1.29, 1.82) is 0 Å². The molecule has 0 spiro atoms. The fourth-order valence-electron chi connectivity index (χ4n) is 5.10. The number of carbonyl (C=O) groups excluding carboxylic acids is 1. The number of aromatic nitrogens is 2. The molecule has 1 heterocycles. The monoisotopic (exact) mass is 509 g/mol. The quantitative estimate of drug-likeness (QED) is 0.352. The van der Waals surface area contributed by atoms with E-state index in [9.17, 15) is 9.59 Å². The molecule has 1 saturated carbocycles. The van der Waals surface area contributed by atoms with Gasteiger partial charge >= 0.3 is 0 Å². The molecule has 0 saturated heterocycles. The Balaban J connectivity index is 1.77. The zero-order valence-electron chi connectivity index (χ0n) is 19.5. The minimum atomic E-state index is -0.271. The molecule has 0 bridgehead atoms. The predicted molar refractivity (Wildman–Crippen MR) is 137 cm³/mol. The first-order chi connectivity index (χ1) is 16.0. The van der Waals surface area contributed by atoms with Gasteiger partial charge in [0, 0.05) is 17.4 Å². The van der Waals surface area contributed by atoms with Crippen LogP contribution in [-0.2, 0) is 4.79 Å². The third-order valence-electron chi connectivity index (χ3n) is 6.85. The van der Waals surface area contributed by atoms with Crippen LogP contribution < -0.4 is 5.56 Å². The number of amides is 1. The number of hydrogen-bond acceptors (Lipinski definition) is 3. The molecule has 1 aliphatic carbocycles.